The molecule has 0 amide bonds. The molecule has 1 N–H and O–H groups in total. The van der Waals surface area contributed by atoms with Crippen molar-refractivity contribution in [3.63, 3.8) is 0 Å². The summed E-state index contributed by atoms with van der Waals surface area (Å²) >= 11 is 0. The molecule has 1 atom stereocenters. The van der Waals surface area contributed by atoms with Crippen LogP contribution in [0.25, 0.3) is 10.9 Å². The summed E-state index contributed by atoms with van der Waals surface area (Å²) in [5, 5.41) is 11.3. The maximum atomic E-state index is 10.2. The molecule has 108 valence electrons. The fourth-order valence-corrected chi connectivity index (χ4v) is 3.66. The molecular weight excluding hydrogens is 262 g/mol. The standard InChI is InChI=1S/C17H19N3O/c21-15-6-3-7-17(15)8-10-20(11-9-17)16-13-4-1-2-5-14(13)18-12-19-16/h1-6,12,15,21H,7-11H2. The smallest absolute Gasteiger partial charge is 0.139 e. The van der Waals surface area contributed by atoms with Crippen LogP contribution in [0, 0.1) is 5.41 Å². The first-order valence-electron chi connectivity index (χ1n) is 7.58. The van der Waals surface area contributed by atoms with E-state index in [1.807, 2.05) is 24.3 Å². The van der Waals surface area contributed by atoms with Crippen molar-refractivity contribution < 1.29 is 5.11 Å². The lowest BCUT2D eigenvalue weighted by atomic mass is 9.74. The number of hydrogen-bond acceptors (Lipinski definition) is 4. The van der Waals surface area contributed by atoms with Gasteiger partial charge >= 0.3 is 0 Å². The van der Waals surface area contributed by atoms with E-state index < -0.39 is 0 Å². The highest BCUT2D eigenvalue weighted by atomic mass is 16.3. The molecule has 0 saturated carbocycles. The Labute approximate surface area is 124 Å². The number of piperidine rings is 1. The number of aliphatic hydroxyl groups is 1. The highest BCUT2D eigenvalue weighted by Crippen LogP contribution is 2.43. The van der Waals surface area contributed by atoms with Crippen LogP contribution in [0.2, 0.25) is 0 Å². The largest absolute Gasteiger partial charge is 0.388 e. The Morgan fingerprint density at radius 2 is 1.95 bits per heavy atom. The third-order valence-corrected chi connectivity index (χ3v) is 5.05. The highest BCUT2D eigenvalue weighted by molar-refractivity contribution is 5.89. The molecule has 4 nitrogen and oxygen atoms in total. The number of fused-ring (bicyclic) bond motifs is 1. The molecule has 2 heterocycles. The number of rotatable bonds is 1. The van der Waals surface area contributed by atoms with Gasteiger partial charge in [0.15, 0.2) is 0 Å². The van der Waals surface area contributed by atoms with Crippen LogP contribution >= 0.6 is 0 Å². The summed E-state index contributed by atoms with van der Waals surface area (Å²) < 4.78 is 0. The van der Waals surface area contributed by atoms with E-state index in [1.54, 1.807) is 6.33 Å². The molecule has 2 aromatic rings. The molecule has 1 aliphatic heterocycles. The Hall–Kier alpha value is -1.94. The zero-order valence-electron chi connectivity index (χ0n) is 11.9. The molecular formula is C17H19N3O. The van der Waals surface area contributed by atoms with E-state index in [0.29, 0.717) is 0 Å². The molecule has 4 rings (SSSR count). The minimum absolute atomic E-state index is 0.0688. The van der Waals surface area contributed by atoms with E-state index in [0.717, 1.165) is 49.1 Å². The predicted octanol–water partition coefficient (Wildman–Crippen LogP) is 2.54. The van der Waals surface area contributed by atoms with Gasteiger partial charge in [0.2, 0.25) is 0 Å². The maximum Gasteiger partial charge on any atom is 0.139 e. The Bertz CT molecular complexity index is 684. The second-order valence-electron chi connectivity index (χ2n) is 6.14. The van der Waals surface area contributed by atoms with Gasteiger partial charge in [-0.05, 0) is 31.4 Å². The monoisotopic (exact) mass is 281 g/mol. The van der Waals surface area contributed by atoms with Crippen LogP contribution in [0.15, 0.2) is 42.7 Å². The van der Waals surface area contributed by atoms with Crippen LogP contribution in [-0.4, -0.2) is 34.3 Å². The van der Waals surface area contributed by atoms with Crippen molar-refractivity contribution in [1.82, 2.24) is 9.97 Å². The van der Waals surface area contributed by atoms with Gasteiger partial charge in [-0.2, -0.15) is 0 Å². The fraction of sp³-hybridized carbons (Fsp3) is 0.412. The molecule has 1 saturated heterocycles. The summed E-state index contributed by atoms with van der Waals surface area (Å²) in [6, 6.07) is 8.15. The van der Waals surface area contributed by atoms with Gasteiger partial charge in [0.05, 0.1) is 11.6 Å². The molecule has 0 radical (unpaired) electrons. The highest BCUT2D eigenvalue weighted by Gasteiger charge is 2.41. The Kier molecular flexibility index (Phi) is 2.93. The van der Waals surface area contributed by atoms with Crippen molar-refractivity contribution in [2.75, 3.05) is 18.0 Å². The maximum absolute atomic E-state index is 10.2. The number of nitrogens with zero attached hydrogens (tertiary/aromatic N) is 3. The molecule has 0 bridgehead atoms. The summed E-state index contributed by atoms with van der Waals surface area (Å²) in [6.45, 7) is 1.89. The van der Waals surface area contributed by atoms with Gasteiger partial charge in [0.1, 0.15) is 12.1 Å². The second-order valence-corrected chi connectivity index (χ2v) is 6.14. The summed E-state index contributed by atoms with van der Waals surface area (Å²) in [4.78, 5) is 11.2. The fourth-order valence-electron chi connectivity index (χ4n) is 3.66. The Morgan fingerprint density at radius 3 is 2.71 bits per heavy atom. The van der Waals surface area contributed by atoms with Crippen molar-refractivity contribution in [3.8, 4) is 0 Å². The Balaban J connectivity index is 1.61. The lowest BCUT2D eigenvalue weighted by Crippen LogP contribution is -2.44. The van der Waals surface area contributed by atoms with Crippen molar-refractivity contribution in [3.05, 3.63) is 42.7 Å². The molecule has 2 aliphatic rings. The number of aliphatic hydroxyl groups excluding tert-OH is 1. The summed E-state index contributed by atoms with van der Waals surface area (Å²) in [7, 11) is 0. The minimum atomic E-state index is -0.276. The molecule has 1 aromatic carbocycles. The van der Waals surface area contributed by atoms with Crippen LogP contribution in [0.5, 0.6) is 0 Å². The molecule has 1 unspecified atom stereocenters. The van der Waals surface area contributed by atoms with Crippen molar-refractivity contribution in [1.29, 1.82) is 0 Å². The molecule has 1 aliphatic carbocycles. The first-order chi connectivity index (χ1) is 10.3. The number of hydrogen-bond donors (Lipinski definition) is 1. The van der Waals surface area contributed by atoms with Crippen LogP contribution in [0.3, 0.4) is 0 Å². The molecule has 21 heavy (non-hydrogen) atoms. The summed E-state index contributed by atoms with van der Waals surface area (Å²) in [6.07, 6.45) is 8.48. The van der Waals surface area contributed by atoms with Gasteiger partial charge in [-0.25, -0.2) is 9.97 Å². The third kappa shape index (κ3) is 2.02. The van der Waals surface area contributed by atoms with Crippen LogP contribution in [-0.2, 0) is 0 Å². The topological polar surface area (TPSA) is 49.2 Å². The minimum Gasteiger partial charge on any atom is -0.388 e. The predicted molar refractivity (Wildman–Crippen MR) is 83.2 cm³/mol. The first-order valence-corrected chi connectivity index (χ1v) is 7.58. The number of aromatic nitrogens is 2. The summed E-state index contributed by atoms with van der Waals surface area (Å²) in [5.41, 5.74) is 1.06. The van der Waals surface area contributed by atoms with Crippen molar-refractivity contribution in [2.45, 2.75) is 25.4 Å². The van der Waals surface area contributed by atoms with E-state index in [4.69, 9.17) is 0 Å². The van der Waals surface area contributed by atoms with Gasteiger partial charge in [-0.1, -0.05) is 24.3 Å². The third-order valence-electron chi connectivity index (χ3n) is 5.05. The summed E-state index contributed by atoms with van der Waals surface area (Å²) in [5.74, 6) is 1.02. The molecule has 4 heteroatoms. The van der Waals surface area contributed by atoms with Crippen LogP contribution in [0.1, 0.15) is 19.3 Å². The average molecular weight is 281 g/mol. The molecule has 1 aromatic heterocycles. The first kappa shape index (κ1) is 12.8. The number of para-hydroxylation sites is 1. The lowest BCUT2D eigenvalue weighted by molar-refractivity contribution is 0.0536. The van der Waals surface area contributed by atoms with Gasteiger partial charge in [-0.15, -0.1) is 0 Å². The Morgan fingerprint density at radius 1 is 1.14 bits per heavy atom. The van der Waals surface area contributed by atoms with E-state index >= 15 is 0 Å². The lowest BCUT2D eigenvalue weighted by Gasteiger charge is -2.42. The van der Waals surface area contributed by atoms with E-state index in [9.17, 15) is 5.11 Å². The van der Waals surface area contributed by atoms with Crippen LogP contribution < -0.4 is 4.90 Å². The van der Waals surface area contributed by atoms with E-state index in [-0.39, 0.29) is 11.5 Å². The number of allylic oxidation sites excluding steroid dienone is 1. The zero-order valence-corrected chi connectivity index (χ0v) is 11.9. The quantitative estimate of drug-likeness (QED) is 0.816. The van der Waals surface area contributed by atoms with Crippen LogP contribution in [0.4, 0.5) is 5.82 Å². The van der Waals surface area contributed by atoms with Gasteiger partial charge in [-0.3, -0.25) is 0 Å². The average Bonchev–Trinajstić information content (AvgIpc) is 2.88. The van der Waals surface area contributed by atoms with Gasteiger partial charge < -0.3 is 10.0 Å². The number of anilines is 1. The second kappa shape index (κ2) is 4.81. The number of benzene rings is 1. The van der Waals surface area contributed by atoms with Gasteiger partial charge in [0.25, 0.3) is 0 Å². The SMILES string of the molecule is OC1C=CCC12CCN(c1ncnc3ccccc13)CC2. The van der Waals surface area contributed by atoms with Crippen molar-refractivity contribution in [2.24, 2.45) is 5.41 Å². The van der Waals surface area contributed by atoms with E-state index in [2.05, 4.69) is 27.0 Å². The normalized spacial score (nSPS) is 24.0. The molecule has 1 spiro atoms. The molecule has 1 fully saturated rings. The van der Waals surface area contributed by atoms with E-state index in [1.165, 1.54) is 0 Å². The van der Waals surface area contributed by atoms with Gasteiger partial charge in [0, 0.05) is 23.9 Å². The zero-order chi connectivity index (χ0) is 14.3. The van der Waals surface area contributed by atoms with Crippen molar-refractivity contribution >= 4 is 16.7 Å².